The summed E-state index contributed by atoms with van der Waals surface area (Å²) in [6, 6.07) is 6.16. The summed E-state index contributed by atoms with van der Waals surface area (Å²) in [6.07, 6.45) is 3.29. The third kappa shape index (κ3) is 4.27. The van der Waals surface area contributed by atoms with Crippen LogP contribution in [-0.4, -0.2) is 25.3 Å². The molecule has 0 amide bonds. The number of hydrogen-bond donors (Lipinski definition) is 1. The Bertz CT molecular complexity index is 486. The van der Waals surface area contributed by atoms with Crippen LogP contribution in [0.5, 0.6) is 11.5 Å². The SMILES string of the molecule is CC(=CCCNC(C)(C)C)c1ccc2c(c1)OCCO2. The van der Waals surface area contributed by atoms with Crippen molar-refractivity contribution in [3.63, 3.8) is 0 Å². The molecule has 1 heterocycles. The molecule has 1 aliphatic heterocycles. The molecular weight excluding hydrogens is 250 g/mol. The van der Waals surface area contributed by atoms with Crippen LogP contribution in [0.25, 0.3) is 5.57 Å². The standard InChI is InChI=1S/C17H25NO2/c1-13(6-5-9-18-17(2,3)4)14-7-8-15-16(12-14)20-11-10-19-15/h6-8,12,18H,5,9-11H2,1-4H3. The number of rotatable bonds is 4. The van der Waals surface area contributed by atoms with E-state index in [2.05, 4.69) is 51.2 Å². The van der Waals surface area contributed by atoms with Gasteiger partial charge in [0.05, 0.1) is 0 Å². The van der Waals surface area contributed by atoms with Crippen molar-refractivity contribution in [2.75, 3.05) is 19.8 Å². The monoisotopic (exact) mass is 275 g/mol. The van der Waals surface area contributed by atoms with Gasteiger partial charge in [-0.05, 0) is 63.9 Å². The van der Waals surface area contributed by atoms with Crippen molar-refractivity contribution in [3.05, 3.63) is 29.8 Å². The first kappa shape index (κ1) is 14.9. The second-order valence-electron chi connectivity index (χ2n) is 6.21. The molecule has 0 aliphatic carbocycles. The number of benzene rings is 1. The number of hydrogen-bond acceptors (Lipinski definition) is 3. The van der Waals surface area contributed by atoms with Gasteiger partial charge in [-0.1, -0.05) is 12.1 Å². The van der Waals surface area contributed by atoms with Crippen LogP contribution < -0.4 is 14.8 Å². The highest BCUT2D eigenvalue weighted by Crippen LogP contribution is 2.32. The molecule has 0 unspecified atom stereocenters. The average molecular weight is 275 g/mol. The van der Waals surface area contributed by atoms with E-state index in [1.807, 2.05) is 6.07 Å². The van der Waals surface area contributed by atoms with E-state index in [1.54, 1.807) is 0 Å². The van der Waals surface area contributed by atoms with Crippen molar-refractivity contribution in [1.29, 1.82) is 0 Å². The van der Waals surface area contributed by atoms with Crippen molar-refractivity contribution in [2.45, 2.75) is 39.7 Å². The predicted octanol–water partition coefficient (Wildman–Crippen LogP) is 3.64. The van der Waals surface area contributed by atoms with E-state index in [0.717, 1.165) is 24.5 Å². The number of allylic oxidation sites excluding steroid dienone is 1. The molecule has 1 N–H and O–H groups in total. The molecule has 1 aromatic carbocycles. The molecule has 0 bridgehead atoms. The van der Waals surface area contributed by atoms with Gasteiger partial charge in [0.2, 0.25) is 0 Å². The van der Waals surface area contributed by atoms with Gasteiger partial charge >= 0.3 is 0 Å². The minimum absolute atomic E-state index is 0.179. The van der Waals surface area contributed by atoms with Crippen LogP contribution in [0.2, 0.25) is 0 Å². The zero-order valence-corrected chi connectivity index (χ0v) is 13.0. The zero-order valence-electron chi connectivity index (χ0n) is 13.0. The molecule has 2 rings (SSSR count). The lowest BCUT2D eigenvalue weighted by Crippen LogP contribution is -2.36. The van der Waals surface area contributed by atoms with Crippen LogP contribution in [-0.2, 0) is 0 Å². The fourth-order valence-corrected chi connectivity index (χ4v) is 2.14. The minimum atomic E-state index is 0.179. The zero-order chi connectivity index (χ0) is 14.6. The summed E-state index contributed by atoms with van der Waals surface area (Å²) in [5, 5.41) is 3.49. The molecule has 0 atom stereocenters. The molecule has 0 spiro atoms. The fraction of sp³-hybridized carbons (Fsp3) is 0.529. The van der Waals surface area contributed by atoms with Gasteiger partial charge in [-0.2, -0.15) is 0 Å². The average Bonchev–Trinajstić information content (AvgIpc) is 2.42. The second kappa shape index (κ2) is 6.31. The number of nitrogens with one attached hydrogen (secondary N) is 1. The van der Waals surface area contributed by atoms with Crippen molar-refractivity contribution in [1.82, 2.24) is 5.32 Å². The first-order valence-electron chi connectivity index (χ1n) is 7.27. The summed E-state index contributed by atoms with van der Waals surface area (Å²) in [5.41, 5.74) is 2.65. The molecule has 110 valence electrons. The van der Waals surface area contributed by atoms with Crippen molar-refractivity contribution < 1.29 is 9.47 Å². The summed E-state index contributed by atoms with van der Waals surface area (Å²) < 4.78 is 11.2. The largest absolute Gasteiger partial charge is 0.486 e. The number of ether oxygens (including phenoxy) is 2. The predicted molar refractivity (Wildman–Crippen MR) is 83.5 cm³/mol. The van der Waals surface area contributed by atoms with E-state index in [9.17, 15) is 0 Å². The first-order chi connectivity index (χ1) is 9.46. The molecule has 0 radical (unpaired) electrons. The smallest absolute Gasteiger partial charge is 0.161 e. The second-order valence-corrected chi connectivity index (χ2v) is 6.21. The lowest BCUT2D eigenvalue weighted by Gasteiger charge is -2.20. The Morgan fingerprint density at radius 1 is 1.20 bits per heavy atom. The van der Waals surface area contributed by atoms with Gasteiger partial charge in [-0.25, -0.2) is 0 Å². The molecule has 1 aromatic rings. The third-order valence-corrected chi connectivity index (χ3v) is 3.25. The number of fused-ring (bicyclic) bond motifs is 1. The van der Waals surface area contributed by atoms with Gasteiger partial charge in [-0.3, -0.25) is 0 Å². The van der Waals surface area contributed by atoms with Gasteiger partial charge in [0.25, 0.3) is 0 Å². The molecule has 20 heavy (non-hydrogen) atoms. The van der Waals surface area contributed by atoms with Gasteiger partial charge in [-0.15, -0.1) is 0 Å². The summed E-state index contributed by atoms with van der Waals surface area (Å²) in [4.78, 5) is 0. The van der Waals surface area contributed by atoms with Gasteiger partial charge in [0.1, 0.15) is 13.2 Å². The van der Waals surface area contributed by atoms with Crippen LogP contribution >= 0.6 is 0 Å². The maximum absolute atomic E-state index is 5.62. The summed E-state index contributed by atoms with van der Waals surface area (Å²) in [7, 11) is 0. The Kier molecular flexibility index (Phi) is 4.71. The van der Waals surface area contributed by atoms with E-state index in [0.29, 0.717) is 13.2 Å². The Morgan fingerprint density at radius 2 is 1.90 bits per heavy atom. The highest BCUT2D eigenvalue weighted by atomic mass is 16.6. The Balaban J connectivity index is 1.96. The lowest BCUT2D eigenvalue weighted by molar-refractivity contribution is 0.171. The van der Waals surface area contributed by atoms with Gasteiger partial charge < -0.3 is 14.8 Å². The fourth-order valence-electron chi connectivity index (χ4n) is 2.14. The first-order valence-corrected chi connectivity index (χ1v) is 7.27. The highest BCUT2D eigenvalue weighted by Gasteiger charge is 2.12. The maximum Gasteiger partial charge on any atom is 0.161 e. The maximum atomic E-state index is 5.62. The van der Waals surface area contributed by atoms with E-state index in [1.165, 1.54) is 11.1 Å². The molecule has 0 saturated heterocycles. The summed E-state index contributed by atoms with van der Waals surface area (Å²) in [5.74, 6) is 1.71. The van der Waals surface area contributed by atoms with Gasteiger partial charge in [0, 0.05) is 5.54 Å². The molecule has 0 aromatic heterocycles. The quantitative estimate of drug-likeness (QED) is 0.851. The highest BCUT2D eigenvalue weighted by molar-refractivity contribution is 5.66. The van der Waals surface area contributed by atoms with E-state index >= 15 is 0 Å². The Hall–Kier alpha value is -1.48. The molecular formula is C17H25NO2. The minimum Gasteiger partial charge on any atom is -0.486 e. The van der Waals surface area contributed by atoms with Crippen molar-refractivity contribution in [3.8, 4) is 11.5 Å². The summed E-state index contributed by atoms with van der Waals surface area (Å²) in [6.45, 7) is 11.0. The van der Waals surface area contributed by atoms with Crippen LogP contribution in [0.4, 0.5) is 0 Å². The summed E-state index contributed by atoms with van der Waals surface area (Å²) >= 11 is 0. The third-order valence-electron chi connectivity index (χ3n) is 3.25. The van der Waals surface area contributed by atoms with E-state index in [4.69, 9.17) is 9.47 Å². The molecule has 0 saturated carbocycles. The van der Waals surface area contributed by atoms with E-state index in [-0.39, 0.29) is 5.54 Å². The van der Waals surface area contributed by atoms with Crippen LogP contribution in [0.1, 0.15) is 39.7 Å². The normalized spacial score (nSPS) is 15.3. The van der Waals surface area contributed by atoms with Crippen LogP contribution in [0.15, 0.2) is 24.3 Å². The van der Waals surface area contributed by atoms with E-state index < -0.39 is 0 Å². The Labute approximate surface area is 122 Å². The van der Waals surface area contributed by atoms with Crippen molar-refractivity contribution in [2.24, 2.45) is 0 Å². The van der Waals surface area contributed by atoms with Crippen LogP contribution in [0, 0.1) is 0 Å². The molecule has 3 nitrogen and oxygen atoms in total. The Morgan fingerprint density at radius 3 is 2.60 bits per heavy atom. The lowest BCUT2D eigenvalue weighted by atomic mass is 10.0. The molecule has 0 fully saturated rings. The van der Waals surface area contributed by atoms with Crippen molar-refractivity contribution >= 4 is 5.57 Å². The molecule has 1 aliphatic rings. The molecule has 3 heteroatoms. The van der Waals surface area contributed by atoms with Crippen LogP contribution in [0.3, 0.4) is 0 Å². The van der Waals surface area contributed by atoms with Gasteiger partial charge in [0.15, 0.2) is 11.5 Å². The topological polar surface area (TPSA) is 30.5 Å².